The molecule has 2 aromatic rings. The molecule has 0 bridgehead atoms. The number of hydrogen-bond donors (Lipinski definition) is 1. The average molecular weight is 250 g/mol. The van der Waals surface area contributed by atoms with Crippen LogP contribution in [0.25, 0.3) is 11.3 Å². The summed E-state index contributed by atoms with van der Waals surface area (Å²) in [6.45, 7) is 0. The molecule has 7 heteroatoms. The van der Waals surface area contributed by atoms with Crippen LogP contribution < -0.4 is 5.73 Å². The lowest BCUT2D eigenvalue weighted by Crippen LogP contribution is -1.99. The van der Waals surface area contributed by atoms with Crippen LogP contribution in [0.15, 0.2) is 35.5 Å². The van der Waals surface area contributed by atoms with Gasteiger partial charge in [-0.15, -0.1) is 10.2 Å². The molecule has 0 radical (unpaired) electrons. The Morgan fingerprint density at radius 2 is 1.82 bits per heavy atom. The fourth-order valence-corrected chi connectivity index (χ4v) is 1.98. The molecule has 88 valence electrons. The van der Waals surface area contributed by atoms with Gasteiger partial charge in [-0.1, -0.05) is 12.1 Å². The first kappa shape index (κ1) is 11.5. The van der Waals surface area contributed by atoms with E-state index in [2.05, 4.69) is 15.2 Å². The molecule has 6 nitrogen and oxygen atoms in total. The summed E-state index contributed by atoms with van der Waals surface area (Å²) in [7, 11) is -3.19. The first-order valence-electron chi connectivity index (χ1n) is 4.72. The van der Waals surface area contributed by atoms with Crippen LogP contribution in [0.1, 0.15) is 0 Å². The van der Waals surface area contributed by atoms with E-state index in [0.717, 1.165) is 6.26 Å². The second-order valence-electron chi connectivity index (χ2n) is 3.49. The number of nitrogens with two attached hydrogens (primary N) is 1. The summed E-state index contributed by atoms with van der Waals surface area (Å²) < 4.78 is 22.6. The summed E-state index contributed by atoms with van der Waals surface area (Å²) in [5, 5.41) is 7.49. The van der Waals surface area contributed by atoms with Crippen LogP contribution in [0.4, 0.5) is 5.82 Å². The van der Waals surface area contributed by atoms with Crippen molar-refractivity contribution in [3.63, 3.8) is 0 Å². The van der Waals surface area contributed by atoms with Crippen LogP contribution in [0.2, 0.25) is 0 Å². The molecule has 0 aliphatic heterocycles. The first-order valence-corrected chi connectivity index (χ1v) is 6.61. The number of sulfone groups is 1. The molecule has 0 saturated carbocycles. The molecule has 17 heavy (non-hydrogen) atoms. The van der Waals surface area contributed by atoms with Crippen LogP contribution in [-0.4, -0.2) is 29.9 Å². The molecule has 0 fully saturated rings. The minimum Gasteiger partial charge on any atom is -0.382 e. The molecule has 0 aliphatic carbocycles. The van der Waals surface area contributed by atoms with Crippen molar-refractivity contribution in [3.05, 3.63) is 30.6 Å². The molecule has 0 aliphatic rings. The second-order valence-corrected chi connectivity index (χ2v) is 5.51. The zero-order chi connectivity index (χ0) is 12.5. The normalized spacial score (nSPS) is 11.4. The van der Waals surface area contributed by atoms with Crippen molar-refractivity contribution in [2.24, 2.45) is 0 Å². The third-order valence-corrected chi connectivity index (χ3v) is 3.33. The topological polar surface area (TPSA) is 98.8 Å². The van der Waals surface area contributed by atoms with Gasteiger partial charge < -0.3 is 5.73 Å². The summed E-state index contributed by atoms with van der Waals surface area (Å²) in [5.74, 6) is 0.257. The van der Waals surface area contributed by atoms with Gasteiger partial charge in [0.05, 0.1) is 4.90 Å². The highest BCUT2D eigenvalue weighted by molar-refractivity contribution is 7.90. The highest BCUT2D eigenvalue weighted by Gasteiger charge is 2.09. The van der Waals surface area contributed by atoms with E-state index in [4.69, 9.17) is 5.73 Å². The lowest BCUT2D eigenvalue weighted by molar-refractivity contribution is 0.602. The Bertz CT molecular complexity index is 638. The van der Waals surface area contributed by atoms with Crippen LogP contribution >= 0.6 is 0 Å². The zero-order valence-electron chi connectivity index (χ0n) is 9.03. The maximum atomic E-state index is 11.3. The van der Waals surface area contributed by atoms with Crippen molar-refractivity contribution in [3.8, 4) is 11.3 Å². The quantitative estimate of drug-likeness (QED) is 0.834. The van der Waals surface area contributed by atoms with Crippen molar-refractivity contribution < 1.29 is 8.42 Å². The van der Waals surface area contributed by atoms with Crippen molar-refractivity contribution in [2.75, 3.05) is 12.0 Å². The molecule has 0 amide bonds. The molecule has 1 aromatic carbocycles. The lowest BCUT2D eigenvalue weighted by Gasteiger charge is -2.03. The van der Waals surface area contributed by atoms with Gasteiger partial charge in [-0.2, -0.15) is 0 Å². The Morgan fingerprint density at radius 1 is 1.18 bits per heavy atom. The zero-order valence-corrected chi connectivity index (χ0v) is 9.85. The first-order chi connectivity index (χ1) is 7.98. The fourth-order valence-electron chi connectivity index (χ4n) is 1.35. The fraction of sp³-hybridized carbons (Fsp3) is 0.100. The van der Waals surface area contributed by atoms with Gasteiger partial charge in [0.15, 0.2) is 15.7 Å². The van der Waals surface area contributed by atoms with E-state index >= 15 is 0 Å². The second kappa shape index (κ2) is 4.10. The van der Waals surface area contributed by atoms with Crippen LogP contribution in [-0.2, 0) is 9.84 Å². The summed E-state index contributed by atoms with van der Waals surface area (Å²) in [5.41, 5.74) is 6.76. The van der Waals surface area contributed by atoms with E-state index < -0.39 is 9.84 Å². The van der Waals surface area contributed by atoms with E-state index in [9.17, 15) is 8.42 Å². The molecule has 0 spiro atoms. The standard InChI is InChI=1S/C10H10N4O2S/c1-17(15,16)8-4-2-7(3-5-8)9-10(11)12-6-13-14-9/h2-6H,1H3,(H2,11,12,13). The molecule has 0 atom stereocenters. The monoisotopic (exact) mass is 250 g/mol. The molecule has 2 rings (SSSR count). The summed E-state index contributed by atoms with van der Waals surface area (Å²) in [4.78, 5) is 4.06. The van der Waals surface area contributed by atoms with E-state index in [1.807, 2.05) is 0 Å². The van der Waals surface area contributed by atoms with Gasteiger partial charge in [0.1, 0.15) is 12.0 Å². The van der Waals surface area contributed by atoms with E-state index in [-0.39, 0.29) is 10.7 Å². The molecule has 1 aromatic heterocycles. The van der Waals surface area contributed by atoms with Gasteiger partial charge in [0.2, 0.25) is 0 Å². The van der Waals surface area contributed by atoms with Gasteiger partial charge in [0.25, 0.3) is 0 Å². The number of aromatic nitrogens is 3. The number of anilines is 1. The third-order valence-electron chi connectivity index (χ3n) is 2.20. The maximum Gasteiger partial charge on any atom is 0.175 e. The summed E-state index contributed by atoms with van der Waals surface area (Å²) >= 11 is 0. The van der Waals surface area contributed by atoms with Crippen molar-refractivity contribution in [2.45, 2.75) is 4.90 Å². The predicted molar refractivity (Wildman–Crippen MR) is 62.8 cm³/mol. The Balaban J connectivity index is 2.47. The van der Waals surface area contributed by atoms with Crippen LogP contribution in [0.5, 0.6) is 0 Å². The van der Waals surface area contributed by atoms with Gasteiger partial charge in [-0.3, -0.25) is 0 Å². The Hall–Kier alpha value is -2.02. The lowest BCUT2D eigenvalue weighted by atomic mass is 10.1. The molecule has 0 saturated heterocycles. The predicted octanol–water partition coefficient (Wildman–Crippen LogP) is 0.524. The largest absolute Gasteiger partial charge is 0.382 e. The summed E-state index contributed by atoms with van der Waals surface area (Å²) in [6, 6.07) is 6.24. The highest BCUT2D eigenvalue weighted by Crippen LogP contribution is 2.22. The van der Waals surface area contributed by atoms with E-state index in [1.165, 1.54) is 18.5 Å². The Labute approximate surface area is 98.4 Å². The molecular formula is C10H10N4O2S. The van der Waals surface area contributed by atoms with E-state index in [0.29, 0.717) is 11.3 Å². The SMILES string of the molecule is CS(=O)(=O)c1ccc(-c2nncnc2N)cc1. The Morgan fingerprint density at radius 3 is 2.35 bits per heavy atom. The molecule has 0 unspecified atom stereocenters. The average Bonchev–Trinajstić information content (AvgIpc) is 2.29. The van der Waals surface area contributed by atoms with Crippen LogP contribution in [0.3, 0.4) is 0 Å². The smallest absolute Gasteiger partial charge is 0.175 e. The van der Waals surface area contributed by atoms with E-state index in [1.54, 1.807) is 12.1 Å². The van der Waals surface area contributed by atoms with Crippen molar-refractivity contribution >= 4 is 15.7 Å². The van der Waals surface area contributed by atoms with Crippen molar-refractivity contribution in [1.82, 2.24) is 15.2 Å². The maximum absolute atomic E-state index is 11.3. The number of hydrogen-bond acceptors (Lipinski definition) is 6. The Kier molecular flexibility index (Phi) is 2.76. The third kappa shape index (κ3) is 2.39. The minimum absolute atomic E-state index is 0.247. The van der Waals surface area contributed by atoms with Gasteiger partial charge in [0, 0.05) is 11.8 Å². The summed E-state index contributed by atoms with van der Waals surface area (Å²) in [6.07, 6.45) is 2.41. The van der Waals surface area contributed by atoms with Crippen molar-refractivity contribution in [1.29, 1.82) is 0 Å². The van der Waals surface area contributed by atoms with Crippen LogP contribution in [0, 0.1) is 0 Å². The molecular weight excluding hydrogens is 240 g/mol. The van der Waals surface area contributed by atoms with Gasteiger partial charge >= 0.3 is 0 Å². The highest BCUT2D eigenvalue weighted by atomic mass is 32.2. The molecule has 2 N–H and O–H groups in total. The number of nitrogens with zero attached hydrogens (tertiary/aromatic N) is 3. The molecule has 1 heterocycles. The number of benzene rings is 1. The minimum atomic E-state index is -3.19. The number of nitrogen functional groups attached to an aromatic ring is 1. The number of rotatable bonds is 2. The van der Waals surface area contributed by atoms with Gasteiger partial charge in [-0.05, 0) is 12.1 Å². The van der Waals surface area contributed by atoms with Gasteiger partial charge in [-0.25, -0.2) is 13.4 Å².